The topological polar surface area (TPSA) is 52.6 Å². The number of ether oxygens (including phenoxy) is 2. The molecule has 0 aliphatic heterocycles. The molecule has 4 nitrogen and oxygen atoms in total. The molecule has 0 saturated heterocycles. The Balaban J connectivity index is 2.47. The molecule has 0 radical (unpaired) electrons. The van der Waals surface area contributed by atoms with Crippen LogP contribution in [0.2, 0.25) is 0 Å². The fourth-order valence-electron chi connectivity index (χ4n) is 4.75. The average Bonchev–Trinajstić information content (AvgIpc) is 3.02. The van der Waals surface area contributed by atoms with Crippen LogP contribution in [0.4, 0.5) is 0 Å². The molecule has 146 valence electrons. The first-order valence-electron chi connectivity index (χ1n) is 9.77. The Morgan fingerprint density at radius 3 is 2.69 bits per heavy atom. The molecule has 0 amide bonds. The van der Waals surface area contributed by atoms with Crippen molar-refractivity contribution in [2.75, 3.05) is 13.9 Å². The first-order valence-corrected chi connectivity index (χ1v) is 9.77. The van der Waals surface area contributed by atoms with Crippen LogP contribution >= 0.6 is 0 Å². The summed E-state index contributed by atoms with van der Waals surface area (Å²) >= 11 is 0. The number of hydrogen-bond acceptors (Lipinski definition) is 4. The lowest BCUT2D eigenvalue weighted by Crippen LogP contribution is -2.48. The quantitative estimate of drug-likeness (QED) is 0.443. The standard InChI is InChI=1S/C22H34O4/c1-7-18(24)21(4,8-2)13-19(26-14-25-6)22(5)15(3)9-10-16-11-12-17(23)20(16)22/h8,15,19H,2,7,9-14H2,1,3-6H3/t15-,19-,21-,22-/m1/s1. The van der Waals surface area contributed by atoms with Gasteiger partial charge in [-0.25, -0.2) is 0 Å². The lowest BCUT2D eigenvalue weighted by Gasteiger charge is -2.48. The second-order valence-corrected chi connectivity index (χ2v) is 8.29. The molecule has 26 heavy (non-hydrogen) atoms. The molecule has 0 bridgehead atoms. The fraction of sp³-hybridized carbons (Fsp3) is 0.727. The fourth-order valence-corrected chi connectivity index (χ4v) is 4.75. The van der Waals surface area contributed by atoms with E-state index in [1.54, 1.807) is 13.2 Å². The van der Waals surface area contributed by atoms with E-state index in [0.29, 0.717) is 25.2 Å². The third kappa shape index (κ3) is 3.59. The number of methoxy groups -OCH3 is 1. The first-order chi connectivity index (χ1) is 12.2. The molecule has 0 unspecified atom stereocenters. The number of carbonyl (C=O) groups excluding carboxylic acids is 2. The highest BCUT2D eigenvalue weighted by Gasteiger charge is 2.52. The van der Waals surface area contributed by atoms with E-state index in [1.165, 1.54) is 5.57 Å². The largest absolute Gasteiger partial charge is 0.359 e. The summed E-state index contributed by atoms with van der Waals surface area (Å²) < 4.78 is 11.3. The van der Waals surface area contributed by atoms with Crippen LogP contribution < -0.4 is 0 Å². The minimum absolute atomic E-state index is 0.150. The molecular weight excluding hydrogens is 328 g/mol. The maximum atomic E-state index is 12.7. The summed E-state index contributed by atoms with van der Waals surface area (Å²) in [4.78, 5) is 25.3. The van der Waals surface area contributed by atoms with Crippen molar-refractivity contribution in [1.29, 1.82) is 0 Å². The van der Waals surface area contributed by atoms with E-state index < -0.39 is 10.8 Å². The lowest BCUT2D eigenvalue weighted by molar-refractivity contribution is -0.144. The zero-order valence-corrected chi connectivity index (χ0v) is 17.0. The molecule has 0 aromatic rings. The molecule has 0 aromatic carbocycles. The maximum absolute atomic E-state index is 12.7. The monoisotopic (exact) mass is 362 g/mol. The molecule has 0 saturated carbocycles. The van der Waals surface area contributed by atoms with Crippen LogP contribution in [0.15, 0.2) is 23.8 Å². The van der Waals surface area contributed by atoms with Crippen LogP contribution in [0.3, 0.4) is 0 Å². The van der Waals surface area contributed by atoms with E-state index in [9.17, 15) is 9.59 Å². The highest BCUT2D eigenvalue weighted by Crippen LogP contribution is 2.54. The number of Topliss-reactive ketones (excluding diaryl/α,β-unsaturated/α-hetero) is 2. The molecule has 2 aliphatic rings. The van der Waals surface area contributed by atoms with Gasteiger partial charge < -0.3 is 9.47 Å². The van der Waals surface area contributed by atoms with E-state index in [4.69, 9.17) is 9.47 Å². The number of allylic oxidation sites excluding steroid dienone is 2. The molecule has 0 heterocycles. The molecule has 0 aromatic heterocycles. The molecule has 4 atom stereocenters. The summed E-state index contributed by atoms with van der Waals surface area (Å²) in [5.74, 6) is 0.704. The highest BCUT2D eigenvalue weighted by molar-refractivity contribution is 6.00. The van der Waals surface area contributed by atoms with E-state index >= 15 is 0 Å². The molecule has 2 rings (SSSR count). The third-order valence-electron chi connectivity index (χ3n) is 6.80. The summed E-state index contributed by atoms with van der Waals surface area (Å²) in [5.41, 5.74) is 1.18. The Bertz CT molecular complexity index is 605. The van der Waals surface area contributed by atoms with Gasteiger partial charge in [0.05, 0.1) is 6.10 Å². The summed E-state index contributed by atoms with van der Waals surface area (Å²) in [7, 11) is 1.60. The van der Waals surface area contributed by atoms with Crippen molar-refractivity contribution in [2.45, 2.75) is 72.3 Å². The van der Waals surface area contributed by atoms with E-state index in [1.807, 2.05) is 13.8 Å². The van der Waals surface area contributed by atoms with Crippen molar-refractivity contribution in [3.8, 4) is 0 Å². The van der Waals surface area contributed by atoms with Gasteiger partial charge in [0.2, 0.25) is 0 Å². The molecular formula is C22H34O4. The van der Waals surface area contributed by atoms with Crippen molar-refractivity contribution >= 4 is 11.6 Å². The number of ketones is 2. The third-order valence-corrected chi connectivity index (χ3v) is 6.80. The predicted molar refractivity (Wildman–Crippen MR) is 103 cm³/mol. The van der Waals surface area contributed by atoms with Gasteiger partial charge in [0.1, 0.15) is 12.6 Å². The second kappa shape index (κ2) is 8.18. The summed E-state index contributed by atoms with van der Waals surface area (Å²) in [6.45, 7) is 12.2. The second-order valence-electron chi connectivity index (χ2n) is 8.29. The van der Waals surface area contributed by atoms with Crippen LogP contribution in [0.5, 0.6) is 0 Å². The Morgan fingerprint density at radius 2 is 2.12 bits per heavy atom. The smallest absolute Gasteiger partial charge is 0.159 e. The molecule has 4 heteroatoms. The first kappa shape index (κ1) is 21.0. The minimum atomic E-state index is -0.671. The molecule has 0 fully saturated rings. The van der Waals surface area contributed by atoms with E-state index in [-0.39, 0.29) is 24.5 Å². The average molecular weight is 363 g/mol. The van der Waals surface area contributed by atoms with Crippen LogP contribution in [-0.2, 0) is 19.1 Å². The van der Waals surface area contributed by atoms with Crippen LogP contribution in [0.1, 0.15) is 66.2 Å². The molecule has 0 N–H and O–H groups in total. The molecule has 2 aliphatic carbocycles. The number of carbonyl (C=O) groups is 2. The van der Waals surface area contributed by atoms with Crippen LogP contribution in [0.25, 0.3) is 0 Å². The van der Waals surface area contributed by atoms with Crippen molar-refractivity contribution in [1.82, 2.24) is 0 Å². The Morgan fingerprint density at radius 1 is 1.42 bits per heavy atom. The van der Waals surface area contributed by atoms with Gasteiger partial charge in [0.15, 0.2) is 5.78 Å². The van der Waals surface area contributed by atoms with Crippen molar-refractivity contribution < 1.29 is 19.1 Å². The molecule has 0 spiro atoms. The highest BCUT2D eigenvalue weighted by atomic mass is 16.7. The summed E-state index contributed by atoms with van der Waals surface area (Å²) in [6.07, 6.45) is 5.96. The van der Waals surface area contributed by atoms with Gasteiger partial charge in [-0.15, -0.1) is 6.58 Å². The van der Waals surface area contributed by atoms with Gasteiger partial charge in [-0.2, -0.15) is 0 Å². The Kier molecular flexibility index (Phi) is 6.62. The summed E-state index contributed by atoms with van der Waals surface area (Å²) in [5, 5.41) is 0. The Labute approximate surface area is 158 Å². The van der Waals surface area contributed by atoms with Gasteiger partial charge in [-0.05, 0) is 38.5 Å². The summed E-state index contributed by atoms with van der Waals surface area (Å²) in [6, 6.07) is 0. The zero-order valence-electron chi connectivity index (χ0n) is 17.0. The normalized spacial score (nSPS) is 29.3. The van der Waals surface area contributed by atoms with E-state index in [0.717, 1.165) is 24.8 Å². The van der Waals surface area contributed by atoms with Crippen molar-refractivity contribution in [3.63, 3.8) is 0 Å². The minimum Gasteiger partial charge on any atom is -0.359 e. The van der Waals surface area contributed by atoms with Gasteiger partial charge in [-0.1, -0.05) is 32.4 Å². The number of rotatable bonds is 9. The van der Waals surface area contributed by atoms with Crippen LogP contribution in [0, 0.1) is 16.7 Å². The van der Waals surface area contributed by atoms with Crippen LogP contribution in [-0.4, -0.2) is 31.6 Å². The van der Waals surface area contributed by atoms with Gasteiger partial charge in [0, 0.05) is 36.4 Å². The van der Waals surface area contributed by atoms with Crippen molar-refractivity contribution in [3.05, 3.63) is 23.8 Å². The number of hydrogen-bond donors (Lipinski definition) is 0. The zero-order chi connectivity index (χ0) is 19.5. The van der Waals surface area contributed by atoms with Gasteiger partial charge in [0.25, 0.3) is 0 Å². The van der Waals surface area contributed by atoms with Crippen molar-refractivity contribution in [2.24, 2.45) is 16.7 Å². The van der Waals surface area contributed by atoms with Gasteiger partial charge >= 0.3 is 0 Å². The Hall–Kier alpha value is -1.26. The van der Waals surface area contributed by atoms with Gasteiger partial charge in [-0.3, -0.25) is 9.59 Å². The lowest BCUT2D eigenvalue weighted by atomic mass is 9.59. The van der Waals surface area contributed by atoms with E-state index in [2.05, 4.69) is 20.4 Å². The maximum Gasteiger partial charge on any atom is 0.159 e. The SMILES string of the molecule is C=C[C@](C)(C[C@@H](OCOC)[C@]1(C)C2=C(CCC2=O)CC[C@H]1C)C(=O)CC. The predicted octanol–water partition coefficient (Wildman–Crippen LogP) is 4.63.